The minimum atomic E-state index is -4.53. The van der Waals surface area contributed by atoms with Crippen molar-refractivity contribution in [3.63, 3.8) is 0 Å². The molecule has 0 radical (unpaired) electrons. The summed E-state index contributed by atoms with van der Waals surface area (Å²) in [6.07, 6.45) is 3.62. The van der Waals surface area contributed by atoms with E-state index in [1.54, 1.807) is 18.3 Å². The molecule has 3 heterocycles. The van der Waals surface area contributed by atoms with E-state index in [0.29, 0.717) is 18.7 Å². The summed E-state index contributed by atoms with van der Waals surface area (Å²) in [4.78, 5) is 34.3. The first-order valence-corrected chi connectivity index (χ1v) is 10.3. The molecule has 0 aliphatic carbocycles. The maximum atomic E-state index is 12.7. The molecule has 0 bridgehead atoms. The number of carbonyl (C=O) groups excluding carboxylic acids is 2. The third-order valence-corrected chi connectivity index (χ3v) is 5.56. The molecule has 154 valence electrons. The van der Waals surface area contributed by atoms with Gasteiger partial charge in [0.1, 0.15) is 10.8 Å². The molecule has 1 aliphatic rings. The summed E-state index contributed by atoms with van der Waals surface area (Å²) >= 11 is 2.86. The van der Waals surface area contributed by atoms with Gasteiger partial charge >= 0.3 is 5.51 Å². The molecule has 0 spiro atoms. The maximum Gasteiger partial charge on any atom is 0.447 e. The zero-order chi connectivity index (χ0) is 21.0. The molecule has 0 unspecified atom stereocenters. The average molecular weight is 489 g/mol. The van der Waals surface area contributed by atoms with Gasteiger partial charge in [-0.05, 0) is 53.0 Å². The summed E-state index contributed by atoms with van der Waals surface area (Å²) in [5.74, 6) is -0.580. The van der Waals surface area contributed by atoms with Gasteiger partial charge in [-0.25, -0.2) is 9.97 Å². The van der Waals surface area contributed by atoms with Crippen LogP contribution in [0.3, 0.4) is 0 Å². The van der Waals surface area contributed by atoms with Crippen LogP contribution in [0.5, 0.6) is 0 Å². The number of amides is 2. The number of aromatic nitrogens is 2. The third kappa shape index (κ3) is 5.92. The summed E-state index contributed by atoms with van der Waals surface area (Å²) in [6, 6.07) is 6.19. The number of hydrogen-bond acceptors (Lipinski definition) is 5. The Morgan fingerprint density at radius 2 is 1.90 bits per heavy atom. The van der Waals surface area contributed by atoms with Gasteiger partial charge in [0.2, 0.25) is 5.91 Å². The molecule has 1 fully saturated rings. The Hall–Kier alpha value is -2.14. The van der Waals surface area contributed by atoms with Crippen LogP contribution in [0.25, 0.3) is 0 Å². The zero-order valence-electron chi connectivity index (χ0n) is 14.9. The number of thioether (sulfide) groups is 1. The van der Waals surface area contributed by atoms with E-state index < -0.39 is 23.2 Å². The first-order valence-electron chi connectivity index (χ1n) is 8.65. The SMILES string of the molecule is O=C(Nc1ccc(Br)cn1)C1CCN(C(=O)c2cccnc2SC(F)(F)F)CC1. The molecule has 0 atom stereocenters. The highest BCUT2D eigenvalue weighted by Crippen LogP contribution is 2.37. The van der Waals surface area contributed by atoms with Crippen molar-refractivity contribution in [1.82, 2.24) is 14.9 Å². The number of alkyl halides is 3. The lowest BCUT2D eigenvalue weighted by molar-refractivity contribution is -0.121. The third-order valence-electron chi connectivity index (χ3n) is 4.35. The highest BCUT2D eigenvalue weighted by molar-refractivity contribution is 9.10. The molecule has 2 amide bonds. The standard InChI is InChI=1S/C18H16BrF3N4O2S/c19-12-3-4-14(24-10-12)25-15(27)11-5-8-26(9-6-11)17(28)13-2-1-7-23-16(13)29-18(20,21)22/h1-4,7,10-11H,5-6,8-9H2,(H,24,25,27). The van der Waals surface area contributed by atoms with E-state index in [1.807, 2.05) is 0 Å². The number of hydrogen-bond donors (Lipinski definition) is 1. The topological polar surface area (TPSA) is 75.2 Å². The van der Waals surface area contributed by atoms with Crippen LogP contribution in [0.2, 0.25) is 0 Å². The molecular formula is C18H16BrF3N4O2S. The highest BCUT2D eigenvalue weighted by atomic mass is 79.9. The van der Waals surface area contributed by atoms with Crippen LogP contribution in [-0.4, -0.2) is 45.3 Å². The largest absolute Gasteiger partial charge is 0.447 e. The number of pyridine rings is 2. The van der Waals surface area contributed by atoms with Crippen molar-refractivity contribution >= 4 is 45.3 Å². The van der Waals surface area contributed by atoms with Crippen molar-refractivity contribution in [2.75, 3.05) is 18.4 Å². The Bertz CT molecular complexity index is 887. The van der Waals surface area contributed by atoms with E-state index in [2.05, 4.69) is 31.2 Å². The Morgan fingerprint density at radius 1 is 1.17 bits per heavy atom. The Morgan fingerprint density at radius 3 is 2.52 bits per heavy atom. The van der Waals surface area contributed by atoms with Gasteiger partial charge in [0.15, 0.2) is 0 Å². The lowest BCUT2D eigenvalue weighted by atomic mass is 9.95. The van der Waals surface area contributed by atoms with Gasteiger partial charge in [0.25, 0.3) is 5.91 Å². The fraction of sp³-hybridized carbons (Fsp3) is 0.333. The van der Waals surface area contributed by atoms with Gasteiger partial charge in [0.05, 0.1) is 5.56 Å². The van der Waals surface area contributed by atoms with Crippen LogP contribution in [0, 0.1) is 5.92 Å². The predicted molar refractivity (Wildman–Crippen MR) is 105 cm³/mol. The van der Waals surface area contributed by atoms with Crippen LogP contribution in [-0.2, 0) is 4.79 Å². The molecule has 2 aromatic heterocycles. The molecule has 3 rings (SSSR count). The number of carbonyl (C=O) groups is 2. The van der Waals surface area contributed by atoms with Crippen molar-refractivity contribution in [1.29, 1.82) is 0 Å². The van der Waals surface area contributed by atoms with Gasteiger partial charge in [0, 0.05) is 47.6 Å². The lowest BCUT2D eigenvalue weighted by Crippen LogP contribution is -2.41. The number of halogens is 4. The second-order valence-corrected chi connectivity index (χ2v) is 8.29. The molecular weight excluding hydrogens is 473 g/mol. The van der Waals surface area contributed by atoms with E-state index in [-0.39, 0.29) is 35.5 Å². The van der Waals surface area contributed by atoms with Crippen molar-refractivity contribution in [3.05, 3.63) is 46.7 Å². The predicted octanol–water partition coefficient (Wildman–Crippen LogP) is 4.34. The van der Waals surface area contributed by atoms with Crippen molar-refractivity contribution in [2.24, 2.45) is 5.92 Å². The number of anilines is 1. The molecule has 1 saturated heterocycles. The minimum Gasteiger partial charge on any atom is -0.339 e. The normalized spacial score (nSPS) is 15.2. The number of piperidine rings is 1. The van der Waals surface area contributed by atoms with Gasteiger partial charge in [-0.3, -0.25) is 9.59 Å². The molecule has 11 heteroatoms. The van der Waals surface area contributed by atoms with Crippen LogP contribution in [0.1, 0.15) is 23.2 Å². The zero-order valence-corrected chi connectivity index (χ0v) is 17.4. The monoisotopic (exact) mass is 488 g/mol. The van der Waals surface area contributed by atoms with Crippen LogP contribution >= 0.6 is 27.7 Å². The van der Waals surface area contributed by atoms with Crippen molar-refractivity contribution in [3.8, 4) is 0 Å². The summed E-state index contributed by atoms with van der Waals surface area (Å²) in [6.45, 7) is 0.547. The van der Waals surface area contributed by atoms with Crippen LogP contribution < -0.4 is 5.32 Å². The number of likely N-dealkylation sites (tertiary alicyclic amines) is 1. The number of rotatable bonds is 4. The lowest BCUT2D eigenvalue weighted by Gasteiger charge is -2.31. The van der Waals surface area contributed by atoms with E-state index in [0.717, 1.165) is 4.47 Å². The Balaban J connectivity index is 1.60. The smallest absolute Gasteiger partial charge is 0.339 e. The summed E-state index contributed by atoms with van der Waals surface area (Å²) < 4.78 is 38.9. The Labute approximate surface area is 177 Å². The molecule has 1 aliphatic heterocycles. The molecule has 2 aromatic rings. The van der Waals surface area contributed by atoms with E-state index >= 15 is 0 Å². The molecule has 1 N–H and O–H groups in total. The van der Waals surface area contributed by atoms with Gasteiger partial charge in [-0.1, -0.05) is 0 Å². The maximum absolute atomic E-state index is 12.7. The second kappa shape index (κ2) is 9.12. The highest BCUT2D eigenvalue weighted by Gasteiger charge is 2.34. The van der Waals surface area contributed by atoms with E-state index in [1.165, 1.54) is 23.2 Å². The van der Waals surface area contributed by atoms with Crippen LogP contribution in [0.15, 0.2) is 46.2 Å². The Kier molecular flexibility index (Phi) is 6.78. The fourth-order valence-electron chi connectivity index (χ4n) is 2.94. The fourth-order valence-corrected chi connectivity index (χ4v) is 3.77. The minimum absolute atomic E-state index is 0.0863. The molecule has 0 aromatic carbocycles. The van der Waals surface area contributed by atoms with E-state index in [4.69, 9.17) is 0 Å². The van der Waals surface area contributed by atoms with Gasteiger partial charge in [-0.2, -0.15) is 13.2 Å². The molecule has 29 heavy (non-hydrogen) atoms. The number of nitrogens with one attached hydrogen (secondary N) is 1. The number of nitrogens with zero attached hydrogens (tertiary/aromatic N) is 3. The first kappa shape index (κ1) is 21.6. The van der Waals surface area contributed by atoms with Crippen molar-refractivity contribution in [2.45, 2.75) is 23.4 Å². The van der Waals surface area contributed by atoms with Crippen molar-refractivity contribution < 1.29 is 22.8 Å². The summed E-state index contributed by atoms with van der Waals surface area (Å²) in [5.41, 5.74) is -4.62. The molecule has 6 nitrogen and oxygen atoms in total. The van der Waals surface area contributed by atoms with Gasteiger partial charge < -0.3 is 10.2 Å². The molecule has 0 saturated carbocycles. The second-order valence-electron chi connectivity index (χ2n) is 6.32. The summed E-state index contributed by atoms with van der Waals surface area (Å²) in [5, 5.41) is 2.37. The summed E-state index contributed by atoms with van der Waals surface area (Å²) in [7, 11) is 0. The van der Waals surface area contributed by atoms with Gasteiger partial charge in [-0.15, -0.1) is 0 Å². The first-order chi connectivity index (χ1) is 13.7. The quantitative estimate of drug-likeness (QED) is 0.647. The van der Waals surface area contributed by atoms with Crippen LogP contribution in [0.4, 0.5) is 19.0 Å². The average Bonchev–Trinajstić information content (AvgIpc) is 2.68. The van der Waals surface area contributed by atoms with E-state index in [9.17, 15) is 22.8 Å².